The Balaban J connectivity index is 1.88. The van der Waals surface area contributed by atoms with Gasteiger partial charge in [-0.2, -0.15) is 0 Å². The first-order valence-corrected chi connectivity index (χ1v) is 5.60. The van der Waals surface area contributed by atoms with Gasteiger partial charge in [0.15, 0.2) is 0 Å². The van der Waals surface area contributed by atoms with Crippen LogP contribution in [0.5, 0.6) is 0 Å². The molecule has 0 fully saturated rings. The van der Waals surface area contributed by atoms with Crippen LogP contribution in [0.1, 0.15) is 16.7 Å². The zero-order valence-corrected chi connectivity index (χ0v) is 9.78. The third kappa shape index (κ3) is 3.36. The summed E-state index contributed by atoms with van der Waals surface area (Å²) in [6.07, 6.45) is 3.59. The Morgan fingerprint density at radius 3 is 2.71 bits per heavy atom. The molecule has 2 rings (SSSR count). The molecule has 1 N–H and O–H groups in total. The van der Waals surface area contributed by atoms with Crippen molar-refractivity contribution < 1.29 is 4.39 Å². The molecule has 3 heteroatoms. The van der Waals surface area contributed by atoms with Crippen molar-refractivity contribution in [2.24, 2.45) is 0 Å². The van der Waals surface area contributed by atoms with E-state index in [-0.39, 0.29) is 5.82 Å². The van der Waals surface area contributed by atoms with Gasteiger partial charge in [0.2, 0.25) is 0 Å². The molecule has 0 amide bonds. The fraction of sp³-hybridized carbons (Fsp3) is 0.214. The molecule has 0 unspecified atom stereocenters. The Kier molecular flexibility index (Phi) is 3.83. The van der Waals surface area contributed by atoms with Gasteiger partial charge in [-0.15, -0.1) is 0 Å². The minimum Gasteiger partial charge on any atom is -0.309 e. The average Bonchev–Trinajstić information content (AvgIpc) is 2.35. The van der Waals surface area contributed by atoms with E-state index in [9.17, 15) is 4.39 Å². The molecule has 0 bridgehead atoms. The SMILES string of the molecule is Cc1cc(CNCc2cccnc2)ccc1F. The number of nitrogens with zero attached hydrogens (tertiary/aromatic N) is 1. The quantitative estimate of drug-likeness (QED) is 0.873. The van der Waals surface area contributed by atoms with E-state index in [0.29, 0.717) is 5.56 Å². The maximum absolute atomic E-state index is 13.1. The highest BCUT2D eigenvalue weighted by atomic mass is 19.1. The minimum absolute atomic E-state index is 0.152. The molecule has 1 heterocycles. The zero-order valence-electron chi connectivity index (χ0n) is 9.78. The summed E-state index contributed by atoms with van der Waals surface area (Å²) >= 11 is 0. The molecular formula is C14H15FN2. The second kappa shape index (κ2) is 5.55. The molecule has 0 aliphatic heterocycles. The molecule has 0 aliphatic rings. The molecule has 1 aromatic heterocycles. The number of rotatable bonds is 4. The van der Waals surface area contributed by atoms with E-state index in [1.54, 1.807) is 19.2 Å². The minimum atomic E-state index is -0.152. The molecule has 0 atom stereocenters. The van der Waals surface area contributed by atoms with Gasteiger partial charge in [0, 0.05) is 25.5 Å². The molecule has 0 saturated heterocycles. The largest absolute Gasteiger partial charge is 0.309 e. The molecule has 0 aliphatic carbocycles. The Bertz CT molecular complexity index is 483. The lowest BCUT2D eigenvalue weighted by atomic mass is 10.1. The van der Waals surface area contributed by atoms with E-state index in [0.717, 1.165) is 24.2 Å². The normalized spacial score (nSPS) is 10.5. The van der Waals surface area contributed by atoms with Gasteiger partial charge < -0.3 is 5.32 Å². The van der Waals surface area contributed by atoms with Crippen molar-refractivity contribution in [3.8, 4) is 0 Å². The van der Waals surface area contributed by atoms with Crippen molar-refractivity contribution >= 4 is 0 Å². The summed E-state index contributed by atoms with van der Waals surface area (Å²) in [7, 11) is 0. The lowest BCUT2D eigenvalue weighted by Crippen LogP contribution is -2.12. The van der Waals surface area contributed by atoms with Crippen LogP contribution in [0.25, 0.3) is 0 Å². The average molecular weight is 230 g/mol. The zero-order chi connectivity index (χ0) is 12.1. The van der Waals surface area contributed by atoms with E-state index in [1.165, 1.54) is 6.07 Å². The van der Waals surface area contributed by atoms with Crippen LogP contribution in [-0.2, 0) is 13.1 Å². The smallest absolute Gasteiger partial charge is 0.126 e. The highest BCUT2D eigenvalue weighted by Gasteiger charge is 1.99. The lowest BCUT2D eigenvalue weighted by Gasteiger charge is -2.06. The first-order chi connectivity index (χ1) is 8.25. The standard InChI is InChI=1S/C14H15FN2/c1-11-7-12(4-5-14(11)15)8-17-10-13-3-2-6-16-9-13/h2-7,9,17H,8,10H2,1H3. The fourth-order valence-electron chi connectivity index (χ4n) is 1.67. The molecule has 2 aromatic rings. The molecule has 88 valence electrons. The molecule has 1 aromatic carbocycles. The van der Waals surface area contributed by atoms with Crippen LogP contribution >= 0.6 is 0 Å². The van der Waals surface area contributed by atoms with Crippen molar-refractivity contribution in [1.29, 1.82) is 0 Å². The van der Waals surface area contributed by atoms with Crippen molar-refractivity contribution in [3.63, 3.8) is 0 Å². The van der Waals surface area contributed by atoms with Gasteiger partial charge in [-0.05, 0) is 35.7 Å². The lowest BCUT2D eigenvalue weighted by molar-refractivity contribution is 0.615. The predicted octanol–water partition coefficient (Wildman–Crippen LogP) is 2.82. The van der Waals surface area contributed by atoms with Crippen molar-refractivity contribution in [2.45, 2.75) is 20.0 Å². The Morgan fingerprint density at radius 2 is 2.00 bits per heavy atom. The summed E-state index contributed by atoms with van der Waals surface area (Å²) in [5.74, 6) is -0.152. The number of hydrogen-bond donors (Lipinski definition) is 1. The van der Waals surface area contributed by atoms with E-state index < -0.39 is 0 Å². The van der Waals surface area contributed by atoms with E-state index in [4.69, 9.17) is 0 Å². The van der Waals surface area contributed by atoms with Crippen LogP contribution in [0.2, 0.25) is 0 Å². The summed E-state index contributed by atoms with van der Waals surface area (Å²) in [5, 5.41) is 3.30. The molecule has 17 heavy (non-hydrogen) atoms. The van der Waals surface area contributed by atoms with Gasteiger partial charge >= 0.3 is 0 Å². The van der Waals surface area contributed by atoms with Crippen molar-refractivity contribution in [2.75, 3.05) is 0 Å². The van der Waals surface area contributed by atoms with Crippen LogP contribution in [-0.4, -0.2) is 4.98 Å². The van der Waals surface area contributed by atoms with Crippen LogP contribution in [0, 0.1) is 12.7 Å². The van der Waals surface area contributed by atoms with E-state index in [2.05, 4.69) is 10.3 Å². The topological polar surface area (TPSA) is 24.9 Å². The molecule has 0 saturated carbocycles. The van der Waals surface area contributed by atoms with Crippen LogP contribution in [0.15, 0.2) is 42.7 Å². The van der Waals surface area contributed by atoms with Crippen LogP contribution < -0.4 is 5.32 Å². The number of pyridine rings is 1. The summed E-state index contributed by atoms with van der Waals surface area (Å²) in [6.45, 7) is 3.28. The van der Waals surface area contributed by atoms with Crippen LogP contribution in [0.3, 0.4) is 0 Å². The van der Waals surface area contributed by atoms with Crippen molar-refractivity contribution in [1.82, 2.24) is 10.3 Å². The highest BCUT2D eigenvalue weighted by molar-refractivity contribution is 5.23. The van der Waals surface area contributed by atoms with Gasteiger partial charge in [-0.3, -0.25) is 4.98 Å². The van der Waals surface area contributed by atoms with Gasteiger partial charge in [-0.1, -0.05) is 18.2 Å². The first kappa shape index (κ1) is 11.7. The highest BCUT2D eigenvalue weighted by Crippen LogP contribution is 2.09. The first-order valence-electron chi connectivity index (χ1n) is 5.60. The third-order valence-electron chi connectivity index (χ3n) is 2.60. The summed E-state index contributed by atoms with van der Waals surface area (Å²) in [4.78, 5) is 4.05. The summed E-state index contributed by atoms with van der Waals surface area (Å²) < 4.78 is 13.1. The van der Waals surface area contributed by atoms with E-state index in [1.807, 2.05) is 24.4 Å². The van der Waals surface area contributed by atoms with Gasteiger partial charge in [0.25, 0.3) is 0 Å². The maximum atomic E-state index is 13.1. The Morgan fingerprint density at radius 1 is 1.18 bits per heavy atom. The third-order valence-corrected chi connectivity index (χ3v) is 2.60. The number of aromatic nitrogens is 1. The second-order valence-electron chi connectivity index (χ2n) is 4.05. The van der Waals surface area contributed by atoms with E-state index >= 15 is 0 Å². The maximum Gasteiger partial charge on any atom is 0.126 e. The molecule has 0 spiro atoms. The fourth-order valence-corrected chi connectivity index (χ4v) is 1.67. The summed E-state index contributed by atoms with van der Waals surface area (Å²) in [6, 6.07) is 9.12. The Hall–Kier alpha value is -1.74. The number of hydrogen-bond acceptors (Lipinski definition) is 2. The molecule has 2 nitrogen and oxygen atoms in total. The van der Waals surface area contributed by atoms with Crippen molar-refractivity contribution in [3.05, 3.63) is 65.2 Å². The number of nitrogens with one attached hydrogen (secondary N) is 1. The number of halogens is 1. The van der Waals surface area contributed by atoms with Gasteiger partial charge in [0.05, 0.1) is 0 Å². The monoisotopic (exact) mass is 230 g/mol. The Labute approximate surface area is 101 Å². The molecular weight excluding hydrogens is 215 g/mol. The van der Waals surface area contributed by atoms with Gasteiger partial charge in [0.1, 0.15) is 5.82 Å². The predicted molar refractivity (Wildman–Crippen MR) is 65.9 cm³/mol. The summed E-state index contributed by atoms with van der Waals surface area (Å²) in [5.41, 5.74) is 2.92. The second-order valence-corrected chi connectivity index (χ2v) is 4.05. The molecule has 0 radical (unpaired) electrons. The van der Waals surface area contributed by atoms with Crippen LogP contribution in [0.4, 0.5) is 4.39 Å². The number of benzene rings is 1. The van der Waals surface area contributed by atoms with Gasteiger partial charge in [-0.25, -0.2) is 4.39 Å². The number of aryl methyl sites for hydroxylation is 1.